The summed E-state index contributed by atoms with van der Waals surface area (Å²) in [5, 5.41) is 0. The van der Waals surface area contributed by atoms with Crippen molar-refractivity contribution in [2.24, 2.45) is 0 Å². The van der Waals surface area contributed by atoms with E-state index in [1.54, 1.807) is 0 Å². The van der Waals surface area contributed by atoms with Gasteiger partial charge in [-0.2, -0.15) is 0 Å². The maximum absolute atomic E-state index is 3.82. The zero-order valence-electron chi connectivity index (χ0n) is 9.56. The van der Waals surface area contributed by atoms with E-state index in [0.717, 1.165) is 0 Å². The molecule has 0 spiro atoms. The number of benzene rings is 2. The van der Waals surface area contributed by atoms with Crippen LogP contribution in [-0.2, 0) is 0 Å². The molecule has 16 heavy (non-hydrogen) atoms. The summed E-state index contributed by atoms with van der Waals surface area (Å²) in [6.45, 7) is 5.97. The van der Waals surface area contributed by atoms with Crippen LogP contribution in [0.25, 0.3) is 11.1 Å². The van der Waals surface area contributed by atoms with Crippen LogP contribution in [0, 0.1) is 0 Å². The molecule has 0 heterocycles. The lowest BCUT2D eigenvalue weighted by molar-refractivity contribution is 0.972. The molecule has 1 unspecified atom stereocenters. The quantitative estimate of drug-likeness (QED) is 0.644. The summed E-state index contributed by atoms with van der Waals surface area (Å²) in [7, 11) is 0. The van der Waals surface area contributed by atoms with Crippen LogP contribution in [0.1, 0.15) is 18.4 Å². The van der Waals surface area contributed by atoms with E-state index in [4.69, 9.17) is 0 Å². The summed E-state index contributed by atoms with van der Waals surface area (Å²) in [5.74, 6) is 0.421. The van der Waals surface area contributed by atoms with E-state index in [1.165, 1.54) is 16.7 Å². The van der Waals surface area contributed by atoms with Crippen molar-refractivity contribution in [3.05, 3.63) is 72.8 Å². The first-order valence-electron chi connectivity index (χ1n) is 5.59. The van der Waals surface area contributed by atoms with E-state index in [9.17, 15) is 0 Å². The van der Waals surface area contributed by atoms with Crippen molar-refractivity contribution in [3.63, 3.8) is 0 Å². The maximum atomic E-state index is 3.82. The van der Waals surface area contributed by atoms with Crippen LogP contribution < -0.4 is 0 Å². The second kappa shape index (κ2) is 4.80. The SMILES string of the molecule is C=CC(C)c1ccc(-c2ccccc2)cc1. The Hall–Kier alpha value is -1.82. The van der Waals surface area contributed by atoms with Crippen molar-refractivity contribution in [2.75, 3.05) is 0 Å². The van der Waals surface area contributed by atoms with Gasteiger partial charge >= 0.3 is 0 Å². The Labute approximate surface area is 97.3 Å². The van der Waals surface area contributed by atoms with E-state index in [1.807, 2.05) is 12.1 Å². The Morgan fingerprint density at radius 2 is 1.44 bits per heavy atom. The molecule has 0 aromatic heterocycles. The Bertz CT molecular complexity index is 451. The smallest absolute Gasteiger partial charge is 0.00131 e. The molecule has 0 radical (unpaired) electrons. The predicted molar refractivity (Wildman–Crippen MR) is 70.5 cm³/mol. The molecule has 0 bridgehead atoms. The minimum atomic E-state index is 0.421. The van der Waals surface area contributed by atoms with Gasteiger partial charge in [0.15, 0.2) is 0 Å². The third-order valence-electron chi connectivity index (χ3n) is 2.90. The largest absolute Gasteiger partial charge is 0.102 e. The number of hydrogen-bond acceptors (Lipinski definition) is 0. The molecule has 0 saturated heterocycles. The lowest BCUT2D eigenvalue weighted by Gasteiger charge is -2.07. The van der Waals surface area contributed by atoms with Gasteiger partial charge in [0.1, 0.15) is 0 Å². The molecule has 0 aliphatic heterocycles. The van der Waals surface area contributed by atoms with E-state index >= 15 is 0 Å². The van der Waals surface area contributed by atoms with Gasteiger partial charge in [-0.3, -0.25) is 0 Å². The average molecular weight is 208 g/mol. The molecule has 2 rings (SSSR count). The van der Waals surface area contributed by atoms with Crippen LogP contribution >= 0.6 is 0 Å². The standard InChI is InChI=1S/C16H16/c1-3-13(2)14-9-11-16(12-10-14)15-7-5-4-6-8-15/h3-13H,1H2,2H3. The Kier molecular flexibility index (Phi) is 3.21. The Balaban J connectivity index is 2.30. The minimum absolute atomic E-state index is 0.421. The lowest BCUT2D eigenvalue weighted by Crippen LogP contribution is -1.87. The molecule has 2 aromatic rings. The zero-order chi connectivity index (χ0) is 11.4. The summed E-state index contributed by atoms with van der Waals surface area (Å²) in [6.07, 6.45) is 1.97. The fourth-order valence-electron chi connectivity index (χ4n) is 1.75. The van der Waals surface area contributed by atoms with Crippen LogP contribution in [0.2, 0.25) is 0 Å². The van der Waals surface area contributed by atoms with Crippen molar-refractivity contribution in [1.82, 2.24) is 0 Å². The maximum Gasteiger partial charge on any atom is -0.00131 e. The molecule has 0 amide bonds. The van der Waals surface area contributed by atoms with Crippen molar-refractivity contribution in [3.8, 4) is 11.1 Å². The van der Waals surface area contributed by atoms with Gasteiger partial charge in [-0.15, -0.1) is 6.58 Å². The summed E-state index contributed by atoms with van der Waals surface area (Å²) < 4.78 is 0. The van der Waals surface area contributed by atoms with E-state index in [2.05, 4.69) is 62.0 Å². The van der Waals surface area contributed by atoms with Gasteiger partial charge in [-0.1, -0.05) is 67.6 Å². The van der Waals surface area contributed by atoms with Gasteiger partial charge in [-0.25, -0.2) is 0 Å². The van der Waals surface area contributed by atoms with Gasteiger partial charge < -0.3 is 0 Å². The molecule has 0 aliphatic rings. The average Bonchev–Trinajstić information content (AvgIpc) is 2.39. The van der Waals surface area contributed by atoms with Gasteiger partial charge in [-0.05, 0) is 22.6 Å². The van der Waals surface area contributed by atoms with Crippen LogP contribution in [0.5, 0.6) is 0 Å². The van der Waals surface area contributed by atoms with Gasteiger partial charge in [0.05, 0.1) is 0 Å². The fourth-order valence-corrected chi connectivity index (χ4v) is 1.75. The first-order valence-corrected chi connectivity index (χ1v) is 5.59. The van der Waals surface area contributed by atoms with Crippen molar-refractivity contribution < 1.29 is 0 Å². The van der Waals surface area contributed by atoms with Crippen molar-refractivity contribution in [1.29, 1.82) is 0 Å². The first kappa shape index (κ1) is 10.7. The Morgan fingerprint density at radius 1 is 0.875 bits per heavy atom. The molecule has 0 N–H and O–H groups in total. The van der Waals surface area contributed by atoms with Gasteiger partial charge in [0.2, 0.25) is 0 Å². The fraction of sp³-hybridized carbons (Fsp3) is 0.125. The van der Waals surface area contributed by atoms with E-state index in [0.29, 0.717) is 5.92 Å². The third kappa shape index (κ3) is 2.22. The molecule has 0 nitrogen and oxygen atoms in total. The molecule has 0 aliphatic carbocycles. The zero-order valence-corrected chi connectivity index (χ0v) is 9.56. The van der Waals surface area contributed by atoms with Crippen LogP contribution in [-0.4, -0.2) is 0 Å². The predicted octanol–water partition coefficient (Wildman–Crippen LogP) is 4.64. The van der Waals surface area contributed by atoms with E-state index in [-0.39, 0.29) is 0 Å². The van der Waals surface area contributed by atoms with Crippen molar-refractivity contribution >= 4 is 0 Å². The van der Waals surface area contributed by atoms with Gasteiger partial charge in [0, 0.05) is 0 Å². The summed E-state index contributed by atoms with van der Waals surface area (Å²) in [5.41, 5.74) is 3.84. The number of hydrogen-bond donors (Lipinski definition) is 0. The number of rotatable bonds is 3. The third-order valence-corrected chi connectivity index (χ3v) is 2.90. The molecule has 0 saturated carbocycles. The van der Waals surface area contributed by atoms with E-state index < -0.39 is 0 Å². The molecule has 0 heteroatoms. The highest BCUT2D eigenvalue weighted by Gasteiger charge is 2.01. The monoisotopic (exact) mass is 208 g/mol. The van der Waals surface area contributed by atoms with Gasteiger partial charge in [0.25, 0.3) is 0 Å². The minimum Gasteiger partial charge on any atom is -0.102 e. The summed E-state index contributed by atoms with van der Waals surface area (Å²) >= 11 is 0. The Morgan fingerprint density at radius 3 is 2.00 bits per heavy atom. The second-order valence-corrected chi connectivity index (χ2v) is 4.01. The molecular formula is C16H16. The lowest BCUT2D eigenvalue weighted by atomic mass is 9.98. The normalized spacial score (nSPS) is 12.1. The van der Waals surface area contributed by atoms with Crippen LogP contribution in [0.4, 0.5) is 0 Å². The van der Waals surface area contributed by atoms with Crippen molar-refractivity contribution in [2.45, 2.75) is 12.8 Å². The second-order valence-electron chi connectivity index (χ2n) is 4.01. The van der Waals surface area contributed by atoms with Crippen LogP contribution in [0.3, 0.4) is 0 Å². The first-order chi connectivity index (χ1) is 7.81. The highest BCUT2D eigenvalue weighted by Crippen LogP contribution is 2.22. The summed E-state index contributed by atoms with van der Waals surface area (Å²) in [4.78, 5) is 0. The molecule has 1 atom stereocenters. The molecular weight excluding hydrogens is 192 g/mol. The number of allylic oxidation sites excluding steroid dienone is 1. The highest BCUT2D eigenvalue weighted by molar-refractivity contribution is 5.63. The molecule has 2 aromatic carbocycles. The summed E-state index contributed by atoms with van der Waals surface area (Å²) in [6, 6.07) is 19.1. The van der Waals surface area contributed by atoms with Crippen LogP contribution in [0.15, 0.2) is 67.3 Å². The topological polar surface area (TPSA) is 0 Å². The molecule has 80 valence electrons. The highest BCUT2D eigenvalue weighted by atomic mass is 14.1. The molecule has 0 fully saturated rings.